The van der Waals surface area contributed by atoms with Crippen LogP contribution in [0.1, 0.15) is 0 Å². The Bertz CT molecular complexity index is 663. The van der Waals surface area contributed by atoms with Gasteiger partial charge in [-0.1, -0.05) is 12.1 Å². The van der Waals surface area contributed by atoms with Crippen LogP contribution in [0.3, 0.4) is 0 Å². The number of nitrogens with two attached hydrogens (primary N) is 2. The molecular weight excluding hydrogens is 224 g/mol. The van der Waals surface area contributed by atoms with Crippen molar-refractivity contribution < 1.29 is 8.76 Å². The third-order valence-corrected chi connectivity index (χ3v) is 3.43. The maximum atomic E-state index is 11.4. The molecule has 5 heteroatoms. The first-order valence-electron chi connectivity index (χ1n) is 4.57. The maximum Gasteiger partial charge on any atom is 0.104 e. The zero-order valence-corrected chi connectivity index (χ0v) is 9.33. The molecule has 0 saturated heterocycles. The van der Waals surface area contributed by atoms with Gasteiger partial charge in [0.25, 0.3) is 0 Å². The van der Waals surface area contributed by atoms with Crippen LogP contribution in [0, 0.1) is 0 Å². The standard InChI is InChI=1S/C11H12N2O2S/c1-16(14,15)8-3-4-9-7(6-8)2-5-10(12)11(9)13/h2-6H,1,12-13H2,(H,14,15). The van der Waals surface area contributed by atoms with Crippen LogP contribution in [0.15, 0.2) is 35.2 Å². The molecule has 16 heavy (non-hydrogen) atoms. The van der Waals surface area contributed by atoms with E-state index in [1.54, 1.807) is 24.3 Å². The summed E-state index contributed by atoms with van der Waals surface area (Å²) in [7, 11) is -3.19. The van der Waals surface area contributed by atoms with Gasteiger partial charge in [0.2, 0.25) is 0 Å². The predicted octanol–water partition coefficient (Wildman–Crippen LogP) is 1.55. The quantitative estimate of drug-likeness (QED) is 0.517. The first-order valence-corrected chi connectivity index (χ1v) is 6.25. The van der Waals surface area contributed by atoms with Gasteiger partial charge >= 0.3 is 0 Å². The van der Waals surface area contributed by atoms with E-state index in [4.69, 9.17) is 11.5 Å². The number of fused-ring (bicyclic) bond motifs is 1. The average molecular weight is 236 g/mol. The van der Waals surface area contributed by atoms with Crippen LogP contribution in [-0.4, -0.2) is 14.6 Å². The number of hydrogen-bond acceptors (Lipinski definition) is 3. The Kier molecular flexibility index (Phi) is 2.29. The van der Waals surface area contributed by atoms with Crippen molar-refractivity contribution in [2.75, 3.05) is 11.5 Å². The van der Waals surface area contributed by atoms with Crippen molar-refractivity contribution in [3.63, 3.8) is 0 Å². The Balaban J connectivity index is 2.80. The molecule has 0 aliphatic rings. The lowest BCUT2D eigenvalue weighted by Crippen LogP contribution is -1.99. The summed E-state index contributed by atoms with van der Waals surface area (Å²) in [5.74, 6) is 3.21. The minimum Gasteiger partial charge on any atom is -0.397 e. The van der Waals surface area contributed by atoms with E-state index in [0.29, 0.717) is 11.4 Å². The van der Waals surface area contributed by atoms with E-state index in [9.17, 15) is 8.76 Å². The lowest BCUT2D eigenvalue weighted by molar-refractivity contribution is 0.560. The Hall–Kier alpha value is -1.72. The fourth-order valence-electron chi connectivity index (χ4n) is 1.55. The Morgan fingerprint density at radius 2 is 1.88 bits per heavy atom. The Labute approximate surface area is 93.7 Å². The highest BCUT2D eigenvalue weighted by molar-refractivity contribution is 7.95. The Morgan fingerprint density at radius 1 is 1.19 bits per heavy atom. The summed E-state index contributed by atoms with van der Waals surface area (Å²) >= 11 is 0. The van der Waals surface area contributed by atoms with E-state index in [-0.39, 0.29) is 4.90 Å². The third-order valence-electron chi connectivity index (χ3n) is 2.43. The number of anilines is 2. The van der Waals surface area contributed by atoms with E-state index in [2.05, 4.69) is 5.87 Å². The minimum absolute atomic E-state index is 0.282. The van der Waals surface area contributed by atoms with Crippen LogP contribution in [0.2, 0.25) is 0 Å². The second-order valence-corrected chi connectivity index (χ2v) is 5.34. The maximum absolute atomic E-state index is 11.4. The summed E-state index contributed by atoms with van der Waals surface area (Å²) in [5.41, 5.74) is 12.5. The van der Waals surface area contributed by atoms with Crippen molar-refractivity contribution in [1.29, 1.82) is 0 Å². The smallest absolute Gasteiger partial charge is 0.104 e. The minimum atomic E-state index is -3.19. The number of benzene rings is 2. The first kappa shape index (κ1) is 10.8. The highest BCUT2D eigenvalue weighted by Gasteiger charge is 2.06. The van der Waals surface area contributed by atoms with Gasteiger partial charge in [-0.15, -0.1) is 0 Å². The third kappa shape index (κ3) is 1.70. The van der Waals surface area contributed by atoms with Gasteiger partial charge in [0.1, 0.15) is 9.80 Å². The van der Waals surface area contributed by atoms with Gasteiger partial charge in [0.05, 0.1) is 16.3 Å². The lowest BCUT2D eigenvalue weighted by Gasteiger charge is -2.07. The molecular formula is C11H12N2O2S. The van der Waals surface area contributed by atoms with Crippen LogP contribution in [-0.2, 0) is 9.80 Å². The van der Waals surface area contributed by atoms with Crippen LogP contribution >= 0.6 is 0 Å². The highest BCUT2D eigenvalue weighted by atomic mass is 32.2. The summed E-state index contributed by atoms with van der Waals surface area (Å²) < 4.78 is 20.7. The summed E-state index contributed by atoms with van der Waals surface area (Å²) in [6.45, 7) is 0. The number of nitrogen functional groups attached to an aromatic ring is 2. The molecule has 0 heterocycles. The monoisotopic (exact) mass is 236 g/mol. The molecule has 1 unspecified atom stereocenters. The van der Waals surface area contributed by atoms with E-state index in [1.165, 1.54) is 6.07 Å². The average Bonchev–Trinajstić information content (AvgIpc) is 2.22. The van der Waals surface area contributed by atoms with Gasteiger partial charge in [0, 0.05) is 5.39 Å². The molecule has 0 aliphatic carbocycles. The second kappa shape index (κ2) is 3.40. The molecule has 2 aromatic rings. The largest absolute Gasteiger partial charge is 0.397 e. The lowest BCUT2D eigenvalue weighted by atomic mass is 10.1. The van der Waals surface area contributed by atoms with Gasteiger partial charge in [0.15, 0.2) is 0 Å². The van der Waals surface area contributed by atoms with Crippen molar-refractivity contribution in [3.8, 4) is 0 Å². The van der Waals surface area contributed by atoms with Crippen LogP contribution in [0.4, 0.5) is 11.4 Å². The van der Waals surface area contributed by atoms with Crippen molar-refractivity contribution in [1.82, 2.24) is 0 Å². The molecule has 0 amide bonds. The van der Waals surface area contributed by atoms with E-state index in [0.717, 1.165) is 10.8 Å². The molecule has 2 aromatic carbocycles. The van der Waals surface area contributed by atoms with E-state index < -0.39 is 9.80 Å². The summed E-state index contributed by atoms with van der Waals surface area (Å²) in [5, 5.41) is 1.54. The fraction of sp³-hybridized carbons (Fsp3) is 0. The second-order valence-electron chi connectivity index (χ2n) is 3.59. The SMILES string of the molecule is C=S(=O)(O)c1ccc2c(N)c(N)ccc2c1. The Morgan fingerprint density at radius 3 is 2.50 bits per heavy atom. The van der Waals surface area contributed by atoms with E-state index in [1.807, 2.05) is 0 Å². The fourth-order valence-corrected chi connectivity index (χ4v) is 2.14. The normalized spacial score (nSPS) is 14.8. The molecule has 84 valence electrons. The molecule has 0 radical (unpaired) electrons. The van der Waals surface area contributed by atoms with Gasteiger partial charge < -0.3 is 16.0 Å². The zero-order valence-electron chi connectivity index (χ0n) is 8.51. The molecule has 0 aromatic heterocycles. The van der Waals surface area contributed by atoms with Crippen LogP contribution in [0.25, 0.3) is 10.8 Å². The summed E-state index contributed by atoms with van der Waals surface area (Å²) in [6.07, 6.45) is 0. The first-order chi connectivity index (χ1) is 7.39. The zero-order chi connectivity index (χ0) is 11.9. The van der Waals surface area contributed by atoms with Gasteiger partial charge in [-0.25, -0.2) is 4.21 Å². The van der Waals surface area contributed by atoms with E-state index >= 15 is 0 Å². The summed E-state index contributed by atoms with van der Waals surface area (Å²) in [6, 6.07) is 8.24. The van der Waals surface area contributed by atoms with Crippen LogP contribution in [0.5, 0.6) is 0 Å². The molecule has 5 N–H and O–H groups in total. The molecule has 4 nitrogen and oxygen atoms in total. The molecule has 0 aliphatic heterocycles. The van der Waals surface area contributed by atoms with Gasteiger partial charge in [-0.05, 0) is 29.5 Å². The van der Waals surface area contributed by atoms with Gasteiger partial charge in [-0.3, -0.25) is 0 Å². The summed E-state index contributed by atoms with van der Waals surface area (Å²) in [4.78, 5) is 0.282. The highest BCUT2D eigenvalue weighted by Crippen LogP contribution is 2.28. The van der Waals surface area contributed by atoms with Crippen molar-refractivity contribution in [3.05, 3.63) is 30.3 Å². The molecule has 0 bridgehead atoms. The van der Waals surface area contributed by atoms with Crippen molar-refractivity contribution >= 4 is 37.8 Å². The van der Waals surface area contributed by atoms with Crippen molar-refractivity contribution in [2.45, 2.75) is 4.90 Å². The topological polar surface area (TPSA) is 89.3 Å². The molecule has 0 saturated carbocycles. The molecule has 1 atom stereocenters. The molecule has 0 fully saturated rings. The molecule has 0 spiro atoms. The van der Waals surface area contributed by atoms with Gasteiger partial charge in [-0.2, -0.15) is 0 Å². The van der Waals surface area contributed by atoms with Crippen LogP contribution < -0.4 is 11.5 Å². The van der Waals surface area contributed by atoms with Crippen molar-refractivity contribution in [2.24, 2.45) is 0 Å². The number of rotatable bonds is 1. The number of hydrogen-bond donors (Lipinski definition) is 3. The predicted molar refractivity (Wildman–Crippen MR) is 68.9 cm³/mol. The molecule has 2 rings (SSSR count).